The molecule has 10 heteroatoms. The maximum atomic E-state index is 9.47. The van der Waals surface area contributed by atoms with Gasteiger partial charge in [0.25, 0.3) is 0 Å². The summed E-state index contributed by atoms with van der Waals surface area (Å²) in [5, 5.41) is 15.8. The summed E-state index contributed by atoms with van der Waals surface area (Å²) in [5.41, 5.74) is 7.41. The van der Waals surface area contributed by atoms with Gasteiger partial charge in [-0.25, -0.2) is 9.50 Å². The third-order valence-electron chi connectivity index (χ3n) is 5.18. The first kappa shape index (κ1) is 20.4. The fourth-order valence-electron chi connectivity index (χ4n) is 3.36. The van der Waals surface area contributed by atoms with Gasteiger partial charge in [-0.2, -0.15) is 0 Å². The van der Waals surface area contributed by atoms with Crippen LogP contribution in [-0.2, 0) is 4.74 Å². The molecule has 0 spiro atoms. The molecule has 0 amide bonds. The zero-order valence-corrected chi connectivity index (χ0v) is 17.7. The van der Waals surface area contributed by atoms with E-state index in [0.29, 0.717) is 24.0 Å². The number of piperidine rings is 1. The summed E-state index contributed by atoms with van der Waals surface area (Å²) in [6.45, 7) is 2.44. The number of methoxy groups -OCH3 is 1. The Morgan fingerprint density at radius 3 is 2.83 bits per heavy atom. The lowest BCUT2D eigenvalue weighted by Crippen LogP contribution is -2.52. The topological polar surface area (TPSA) is 98.1 Å². The van der Waals surface area contributed by atoms with Crippen molar-refractivity contribution in [2.45, 2.75) is 18.4 Å². The van der Waals surface area contributed by atoms with Crippen molar-refractivity contribution in [1.82, 2.24) is 14.6 Å². The minimum Gasteiger partial charge on any atom is -0.490 e. The molecule has 0 bridgehead atoms. The van der Waals surface area contributed by atoms with Gasteiger partial charge in [-0.15, -0.1) is 5.10 Å². The van der Waals surface area contributed by atoms with Crippen LogP contribution in [0.3, 0.4) is 0 Å². The van der Waals surface area contributed by atoms with Crippen molar-refractivity contribution < 1.29 is 14.6 Å². The van der Waals surface area contributed by atoms with Crippen LogP contribution in [0.2, 0.25) is 5.02 Å². The van der Waals surface area contributed by atoms with Gasteiger partial charge in [-0.3, -0.25) is 0 Å². The molecule has 1 aliphatic rings. The van der Waals surface area contributed by atoms with E-state index in [0.717, 1.165) is 47.3 Å². The van der Waals surface area contributed by atoms with E-state index >= 15 is 0 Å². The first-order valence-electron chi connectivity index (χ1n) is 9.44. The number of fused-ring (bicyclic) bond motifs is 1. The summed E-state index contributed by atoms with van der Waals surface area (Å²) in [7, 11) is 1.63. The second kappa shape index (κ2) is 8.45. The molecule has 0 saturated carbocycles. The van der Waals surface area contributed by atoms with E-state index in [1.54, 1.807) is 19.4 Å². The van der Waals surface area contributed by atoms with Crippen molar-refractivity contribution in [2.24, 2.45) is 5.73 Å². The van der Waals surface area contributed by atoms with Crippen LogP contribution in [0, 0.1) is 0 Å². The van der Waals surface area contributed by atoms with E-state index in [2.05, 4.69) is 9.88 Å². The van der Waals surface area contributed by atoms with Crippen molar-refractivity contribution in [3.8, 4) is 17.0 Å². The number of halogens is 1. The number of hydrogen-bond acceptors (Lipinski definition) is 8. The lowest BCUT2D eigenvalue weighted by atomic mass is 9.90. The zero-order chi connectivity index (χ0) is 20.4. The van der Waals surface area contributed by atoms with Crippen molar-refractivity contribution in [3.05, 3.63) is 29.4 Å². The highest BCUT2D eigenvalue weighted by atomic mass is 35.5. The van der Waals surface area contributed by atoms with Gasteiger partial charge >= 0.3 is 0 Å². The number of nitrogens with two attached hydrogens (primary N) is 1. The van der Waals surface area contributed by atoms with Crippen molar-refractivity contribution >= 4 is 33.0 Å². The highest BCUT2D eigenvalue weighted by molar-refractivity contribution is 7.20. The molecular weight excluding hydrogens is 414 g/mol. The Morgan fingerprint density at radius 1 is 1.31 bits per heavy atom. The van der Waals surface area contributed by atoms with Gasteiger partial charge in [-0.05, 0) is 31.0 Å². The molecule has 0 unspecified atom stereocenters. The van der Waals surface area contributed by atoms with Crippen LogP contribution in [0.4, 0.5) is 5.13 Å². The van der Waals surface area contributed by atoms with E-state index in [9.17, 15) is 5.11 Å². The molecule has 156 valence electrons. The maximum Gasteiger partial charge on any atom is 0.214 e. The quantitative estimate of drug-likeness (QED) is 0.547. The van der Waals surface area contributed by atoms with Crippen LogP contribution >= 0.6 is 22.9 Å². The zero-order valence-electron chi connectivity index (χ0n) is 16.2. The summed E-state index contributed by atoms with van der Waals surface area (Å²) in [6.07, 6.45) is 3.25. The monoisotopic (exact) mass is 437 g/mol. The fourth-order valence-corrected chi connectivity index (χ4v) is 4.45. The fraction of sp³-hybridized carbons (Fsp3) is 0.474. The van der Waals surface area contributed by atoms with Crippen molar-refractivity contribution in [1.29, 1.82) is 0 Å². The lowest BCUT2D eigenvalue weighted by Gasteiger charge is -2.37. The molecule has 4 rings (SSSR count). The molecule has 0 atom stereocenters. The molecule has 0 aliphatic carbocycles. The number of aromatic nitrogens is 3. The average Bonchev–Trinajstić information content (AvgIpc) is 3.30. The second-order valence-electron chi connectivity index (χ2n) is 7.21. The number of ether oxygens (including phenoxy) is 2. The van der Waals surface area contributed by atoms with Gasteiger partial charge in [0.1, 0.15) is 12.4 Å². The summed E-state index contributed by atoms with van der Waals surface area (Å²) >= 11 is 7.70. The van der Waals surface area contributed by atoms with Gasteiger partial charge < -0.3 is 25.2 Å². The van der Waals surface area contributed by atoms with E-state index in [4.69, 9.17) is 31.9 Å². The number of hydrogen-bond donors (Lipinski definition) is 2. The van der Waals surface area contributed by atoms with Gasteiger partial charge in [0, 0.05) is 36.3 Å². The number of benzene rings is 1. The Hall–Kier alpha value is -1.91. The van der Waals surface area contributed by atoms with Crippen LogP contribution in [-0.4, -0.2) is 65.3 Å². The van der Waals surface area contributed by atoms with Crippen LogP contribution in [0.1, 0.15) is 12.8 Å². The first-order valence-corrected chi connectivity index (χ1v) is 10.6. The van der Waals surface area contributed by atoms with E-state index < -0.39 is 5.54 Å². The summed E-state index contributed by atoms with van der Waals surface area (Å²) in [6, 6.07) is 5.53. The molecule has 3 N–H and O–H groups in total. The number of rotatable bonds is 7. The Labute approximate surface area is 177 Å². The smallest absolute Gasteiger partial charge is 0.214 e. The van der Waals surface area contributed by atoms with Crippen LogP contribution < -0.4 is 15.4 Å². The molecule has 1 saturated heterocycles. The summed E-state index contributed by atoms with van der Waals surface area (Å²) in [5.74, 6) is 0.666. The predicted molar refractivity (Wildman–Crippen MR) is 114 cm³/mol. The molecule has 1 aliphatic heterocycles. The summed E-state index contributed by atoms with van der Waals surface area (Å²) in [4.78, 5) is 7.53. The third-order valence-corrected chi connectivity index (χ3v) is 6.40. The Morgan fingerprint density at radius 2 is 2.10 bits per heavy atom. The standard InChI is InChI=1S/C19H24ClN5O3S/c1-27-8-9-28-16-10-13(20)2-3-14(16)15-11-22-17-25(15)23-18(29-17)24-6-4-19(21,12-26)5-7-24/h2-3,10-11,26H,4-9,12,21H2,1H3. The molecular formula is C19H24ClN5O3S. The molecule has 3 aromatic rings. The van der Waals surface area contributed by atoms with Gasteiger partial charge in [-0.1, -0.05) is 22.9 Å². The van der Waals surface area contributed by atoms with E-state index in [-0.39, 0.29) is 6.61 Å². The summed E-state index contributed by atoms with van der Waals surface area (Å²) < 4.78 is 12.8. The maximum absolute atomic E-state index is 9.47. The number of aliphatic hydroxyl groups excluding tert-OH is 1. The molecule has 1 fully saturated rings. The molecule has 29 heavy (non-hydrogen) atoms. The second-order valence-corrected chi connectivity index (χ2v) is 8.58. The average molecular weight is 438 g/mol. The predicted octanol–water partition coefficient (Wildman–Crippen LogP) is 2.43. The van der Waals surface area contributed by atoms with Gasteiger partial charge in [0.15, 0.2) is 0 Å². The normalized spacial score (nSPS) is 16.5. The number of imidazole rings is 1. The molecule has 3 heterocycles. The number of anilines is 1. The van der Waals surface area contributed by atoms with Crippen molar-refractivity contribution in [2.75, 3.05) is 44.9 Å². The Kier molecular flexibility index (Phi) is 5.93. The van der Waals surface area contributed by atoms with Gasteiger partial charge in [0.05, 0.1) is 25.1 Å². The highest BCUT2D eigenvalue weighted by Crippen LogP contribution is 2.35. The van der Waals surface area contributed by atoms with Gasteiger partial charge in [0.2, 0.25) is 10.1 Å². The minimum atomic E-state index is -0.489. The molecule has 1 aromatic carbocycles. The van der Waals surface area contributed by atoms with Crippen LogP contribution in [0.25, 0.3) is 16.2 Å². The molecule has 2 aromatic heterocycles. The highest BCUT2D eigenvalue weighted by Gasteiger charge is 2.31. The molecule has 0 radical (unpaired) electrons. The largest absolute Gasteiger partial charge is 0.490 e. The third kappa shape index (κ3) is 4.19. The SMILES string of the molecule is COCCOc1cc(Cl)ccc1-c1cnc2sc(N3CCC(N)(CO)CC3)nn12. The minimum absolute atomic E-state index is 0.00852. The molecule has 8 nitrogen and oxygen atoms in total. The lowest BCUT2D eigenvalue weighted by molar-refractivity contribution is 0.146. The first-order chi connectivity index (χ1) is 14.0. The number of aliphatic hydroxyl groups is 1. The van der Waals surface area contributed by atoms with E-state index in [1.807, 2.05) is 16.6 Å². The Balaban J connectivity index is 1.62. The van der Waals surface area contributed by atoms with Crippen LogP contribution in [0.5, 0.6) is 5.75 Å². The van der Waals surface area contributed by atoms with E-state index in [1.165, 1.54) is 11.3 Å². The van der Waals surface area contributed by atoms with Crippen molar-refractivity contribution in [3.63, 3.8) is 0 Å². The number of nitrogens with zero attached hydrogens (tertiary/aromatic N) is 4. The van der Waals surface area contributed by atoms with Crippen LogP contribution in [0.15, 0.2) is 24.4 Å². The Bertz CT molecular complexity index is 984.